The molecule has 132 valence electrons. The Hall–Kier alpha value is -1.84. The molecule has 1 aromatic rings. The number of rotatable bonds is 11. The van der Waals surface area contributed by atoms with Crippen LogP contribution >= 0.6 is 0 Å². The highest BCUT2D eigenvalue weighted by Gasteiger charge is 2.39. The minimum absolute atomic E-state index is 0.0290. The molecule has 1 heterocycles. The van der Waals surface area contributed by atoms with Crippen LogP contribution in [0.1, 0.15) is 20.7 Å². The molecule has 8 heteroatoms. The number of carbonyl (C=O) groups is 2. The van der Waals surface area contributed by atoms with Gasteiger partial charge in [-0.1, -0.05) is 12.1 Å². The van der Waals surface area contributed by atoms with Gasteiger partial charge in [0.25, 0.3) is 11.8 Å². The zero-order valence-electron chi connectivity index (χ0n) is 13.2. The van der Waals surface area contributed by atoms with Crippen molar-refractivity contribution in [3.05, 3.63) is 35.4 Å². The molecular weight excluding hydrogens is 318 g/mol. The van der Waals surface area contributed by atoms with Crippen LogP contribution in [0.2, 0.25) is 0 Å². The maximum absolute atomic E-state index is 12.1. The number of carbonyl (C=O) groups excluding carboxylic acids is 2. The van der Waals surface area contributed by atoms with Crippen molar-refractivity contribution in [2.75, 3.05) is 46.2 Å². The van der Waals surface area contributed by atoms with Gasteiger partial charge >= 0.3 is 0 Å². The lowest BCUT2D eigenvalue weighted by molar-refractivity contribution is -0.0483. The van der Waals surface area contributed by atoms with Crippen molar-refractivity contribution in [3.8, 4) is 0 Å². The van der Waals surface area contributed by atoms with Gasteiger partial charge < -0.3 is 24.4 Å². The molecule has 0 aromatic heterocycles. The van der Waals surface area contributed by atoms with Crippen LogP contribution < -0.4 is 0 Å². The van der Waals surface area contributed by atoms with Gasteiger partial charge in [0.15, 0.2) is 6.23 Å². The second kappa shape index (κ2) is 9.45. The lowest BCUT2D eigenvalue weighted by atomic mass is 10.1. The number of hydrogen-bond acceptors (Lipinski definition) is 7. The molecule has 0 saturated heterocycles. The van der Waals surface area contributed by atoms with Gasteiger partial charge in [0.05, 0.1) is 57.4 Å². The summed E-state index contributed by atoms with van der Waals surface area (Å²) >= 11 is 0. The highest BCUT2D eigenvalue weighted by molar-refractivity contribution is 6.21. The molecule has 24 heavy (non-hydrogen) atoms. The molecule has 0 radical (unpaired) electrons. The van der Waals surface area contributed by atoms with Crippen molar-refractivity contribution in [2.45, 2.75) is 6.23 Å². The first-order valence-corrected chi connectivity index (χ1v) is 7.66. The molecule has 0 saturated carbocycles. The van der Waals surface area contributed by atoms with E-state index in [-0.39, 0.29) is 44.2 Å². The molecule has 1 aliphatic rings. The first-order chi connectivity index (χ1) is 11.7. The molecule has 0 aliphatic carbocycles. The van der Waals surface area contributed by atoms with E-state index in [0.717, 1.165) is 4.90 Å². The van der Waals surface area contributed by atoms with E-state index in [4.69, 9.17) is 19.3 Å². The van der Waals surface area contributed by atoms with Crippen LogP contribution in [0.4, 0.5) is 0 Å². The Morgan fingerprint density at radius 3 is 1.92 bits per heavy atom. The molecule has 0 fully saturated rings. The summed E-state index contributed by atoms with van der Waals surface area (Å²) in [6.45, 7) is 1.29. The Morgan fingerprint density at radius 2 is 1.38 bits per heavy atom. The average molecular weight is 339 g/mol. The second-order valence-electron chi connectivity index (χ2n) is 5.03. The summed E-state index contributed by atoms with van der Waals surface area (Å²) in [4.78, 5) is 25.1. The van der Waals surface area contributed by atoms with Crippen LogP contribution in [0.3, 0.4) is 0 Å². The van der Waals surface area contributed by atoms with Gasteiger partial charge in [0.2, 0.25) is 0 Å². The predicted octanol–water partition coefficient (Wildman–Crippen LogP) is -0.357. The van der Waals surface area contributed by atoms with Gasteiger partial charge in [0, 0.05) is 0 Å². The molecule has 2 rings (SSSR count). The number of fused-ring (bicyclic) bond motifs is 1. The van der Waals surface area contributed by atoms with Crippen molar-refractivity contribution in [1.29, 1.82) is 0 Å². The number of hydrogen-bond donors (Lipinski definition) is 2. The van der Waals surface area contributed by atoms with Gasteiger partial charge in [-0.15, -0.1) is 0 Å². The quantitative estimate of drug-likeness (QED) is 0.419. The van der Waals surface area contributed by atoms with Gasteiger partial charge in [-0.25, -0.2) is 4.90 Å². The fourth-order valence-electron chi connectivity index (χ4n) is 2.25. The van der Waals surface area contributed by atoms with Gasteiger partial charge in [-0.05, 0) is 12.1 Å². The molecule has 1 unspecified atom stereocenters. The average Bonchev–Trinajstić information content (AvgIpc) is 2.85. The largest absolute Gasteiger partial charge is 0.394 e. The van der Waals surface area contributed by atoms with Gasteiger partial charge in [-0.3, -0.25) is 9.59 Å². The number of ether oxygens (including phenoxy) is 3. The van der Waals surface area contributed by atoms with Crippen molar-refractivity contribution in [3.63, 3.8) is 0 Å². The monoisotopic (exact) mass is 339 g/mol. The number of nitrogens with zero attached hydrogens (tertiary/aromatic N) is 1. The number of amides is 2. The fraction of sp³-hybridized carbons (Fsp3) is 0.500. The van der Waals surface area contributed by atoms with E-state index >= 15 is 0 Å². The summed E-state index contributed by atoms with van der Waals surface area (Å²) in [6.07, 6.45) is -1.34. The van der Waals surface area contributed by atoms with Crippen LogP contribution in [0.15, 0.2) is 24.3 Å². The Balaban J connectivity index is 1.66. The summed E-state index contributed by atoms with van der Waals surface area (Å²) in [5.41, 5.74) is 0.570. The number of benzene rings is 1. The van der Waals surface area contributed by atoms with Gasteiger partial charge in [-0.2, -0.15) is 0 Å². The van der Waals surface area contributed by atoms with E-state index in [0.29, 0.717) is 13.2 Å². The molecule has 8 nitrogen and oxygen atoms in total. The lowest BCUT2D eigenvalue weighted by Crippen LogP contribution is -2.42. The highest BCUT2D eigenvalue weighted by Crippen LogP contribution is 2.23. The van der Waals surface area contributed by atoms with Crippen LogP contribution in [-0.2, 0) is 14.2 Å². The summed E-state index contributed by atoms with van der Waals surface area (Å²) in [5, 5.41) is 18.6. The predicted molar refractivity (Wildman–Crippen MR) is 82.5 cm³/mol. The molecular formula is C16H21NO7. The van der Waals surface area contributed by atoms with E-state index in [1.165, 1.54) is 0 Å². The highest BCUT2D eigenvalue weighted by atomic mass is 16.5. The number of imide groups is 1. The third-order valence-corrected chi connectivity index (χ3v) is 3.37. The van der Waals surface area contributed by atoms with Crippen LogP contribution in [0.5, 0.6) is 0 Å². The summed E-state index contributed by atoms with van der Waals surface area (Å²) < 4.78 is 15.5. The Morgan fingerprint density at radius 1 is 0.875 bits per heavy atom. The standard InChI is InChI=1S/C16H21NO7/c18-5-6-22-7-8-23-9-10-24-11-14(19)17-15(20)12-3-1-2-4-13(12)16(17)21/h1-4,14,18-19H,5-11H2. The topological polar surface area (TPSA) is 106 Å². The van der Waals surface area contributed by atoms with Crippen molar-refractivity contribution in [1.82, 2.24) is 4.90 Å². The zero-order valence-corrected chi connectivity index (χ0v) is 13.2. The number of aliphatic hydroxyl groups is 2. The molecule has 1 atom stereocenters. The first kappa shape index (κ1) is 18.5. The summed E-state index contributed by atoms with van der Waals surface area (Å²) in [7, 11) is 0. The fourth-order valence-corrected chi connectivity index (χ4v) is 2.25. The third kappa shape index (κ3) is 4.59. The molecule has 0 bridgehead atoms. The van der Waals surface area contributed by atoms with Crippen LogP contribution in [0.25, 0.3) is 0 Å². The SMILES string of the molecule is O=C1c2ccccc2C(=O)N1C(O)COCCOCCOCCO. The Bertz CT molecular complexity index is 528. The second-order valence-corrected chi connectivity index (χ2v) is 5.03. The first-order valence-electron chi connectivity index (χ1n) is 7.66. The van der Waals surface area contributed by atoms with E-state index in [9.17, 15) is 14.7 Å². The van der Waals surface area contributed by atoms with Crippen LogP contribution in [0, 0.1) is 0 Å². The summed E-state index contributed by atoms with van der Waals surface area (Å²) in [6, 6.07) is 6.43. The third-order valence-electron chi connectivity index (χ3n) is 3.37. The number of aliphatic hydroxyl groups excluding tert-OH is 2. The van der Waals surface area contributed by atoms with E-state index in [2.05, 4.69) is 0 Å². The van der Waals surface area contributed by atoms with E-state index in [1.54, 1.807) is 24.3 Å². The molecule has 0 spiro atoms. The maximum atomic E-state index is 12.1. The van der Waals surface area contributed by atoms with E-state index in [1.807, 2.05) is 0 Å². The molecule has 1 aliphatic heterocycles. The Kier molecular flexibility index (Phi) is 7.29. The summed E-state index contributed by atoms with van der Waals surface area (Å²) in [5.74, 6) is -1.05. The van der Waals surface area contributed by atoms with Gasteiger partial charge in [0.1, 0.15) is 0 Å². The minimum atomic E-state index is -1.34. The van der Waals surface area contributed by atoms with E-state index < -0.39 is 18.0 Å². The normalized spacial score (nSPS) is 15.0. The smallest absolute Gasteiger partial charge is 0.263 e. The van der Waals surface area contributed by atoms with Crippen LogP contribution in [-0.4, -0.2) is 79.4 Å². The lowest BCUT2D eigenvalue weighted by Gasteiger charge is -2.21. The van der Waals surface area contributed by atoms with Crippen molar-refractivity contribution >= 4 is 11.8 Å². The molecule has 2 amide bonds. The molecule has 2 N–H and O–H groups in total. The zero-order chi connectivity index (χ0) is 17.4. The van der Waals surface area contributed by atoms with Crippen molar-refractivity contribution < 1.29 is 34.0 Å². The van der Waals surface area contributed by atoms with Crippen molar-refractivity contribution in [2.24, 2.45) is 0 Å². The Labute approximate surface area is 139 Å². The maximum Gasteiger partial charge on any atom is 0.263 e. The molecule has 1 aromatic carbocycles. The minimum Gasteiger partial charge on any atom is -0.394 e.